The number of nitrogens with one attached hydrogen (secondary N) is 1. The van der Waals surface area contributed by atoms with Crippen LogP contribution in [0.5, 0.6) is 0 Å². The van der Waals surface area contributed by atoms with Gasteiger partial charge in [-0.3, -0.25) is 10.5 Å². The van der Waals surface area contributed by atoms with Gasteiger partial charge in [-0.15, -0.1) is 0 Å². The van der Waals surface area contributed by atoms with Gasteiger partial charge in [0.05, 0.1) is 0 Å². The molecule has 0 aliphatic heterocycles. The lowest BCUT2D eigenvalue weighted by Crippen LogP contribution is -1.96. The molecule has 1 radical (unpaired) electrons. The first-order valence-electron chi connectivity index (χ1n) is 6.07. The molecule has 1 aromatic carbocycles. The van der Waals surface area contributed by atoms with E-state index in [1.807, 2.05) is 6.07 Å². The number of amides is 1. The fourth-order valence-electron chi connectivity index (χ4n) is 1.79. The van der Waals surface area contributed by atoms with E-state index in [1.165, 1.54) is 24.8 Å². The molecule has 2 heteroatoms. The minimum absolute atomic E-state index is 0.427. The van der Waals surface area contributed by atoms with Gasteiger partial charge < -0.3 is 0 Å². The summed E-state index contributed by atoms with van der Waals surface area (Å²) < 4.78 is 0. The van der Waals surface area contributed by atoms with Gasteiger partial charge in [0, 0.05) is 6.42 Å². The number of carbonyl (C=O) groups excluding carboxylic acids is 1. The zero-order valence-electron chi connectivity index (χ0n) is 9.74. The van der Waals surface area contributed by atoms with Crippen LogP contribution in [0.3, 0.4) is 0 Å². The maximum absolute atomic E-state index is 10.4. The van der Waals surface area contributed by atoms with Gasteiger partial charge in [0.25, 0.3) is 0 Å². The largest absolute Gasteiger partial charge is 0.273 e. The van der Waals surface area contributed by atoms with Crippen LogP contribution in [0.4, 0.5) is 0 Å². The summed E-state index contributed by atoms with van der Waals surface area (Å²) in [5.74, 6) is -0.427. The average molecular weight is 218 g/mol. The lowest BCUT2D eigenvalue weighted by atomic mass is 10.1. The molecule has 0 aromatic heterocycles. The predicted octanol–water partition coefficient (Wildman–Crippen LogP) is 3.38. The number of rotatable bonds is 8. The van der Waals surface area contributed by atoms with Gasteiger partial charge in [0.15, 0.2) is 0 Å². The van der Waals surface area contributed by atoms with Crippen molar-refractivity contribution in [2.75, 3.05) is 0 Å². The van der Waals surface area contributed by atoms with E-state index in [-0.39, 0.29) is 0 Å². The fourth-order valence-corrected chi connectivity index (χ4v) is 1.79. The molecule has 0 aliphatic carbocycles. The minimum atomic E-state index is -0.427. The number of hydrogen-bond acceptors (Lipinski definition) is 1. The molecular formula is C14H20NO. The van der Waals surface area contributed by atoms with Crippen molar-refractivity contribution in [1.29, 1.82) is 0 Å². The molecule has 0 atom stereocenters. The number of aryl methyl sites for hydroxylation is 1. The molecule has 0 fully saturated rings. The van der Waals surface area contributed by atoms with E-state index in [1.54, 1.807) is 0 Å². The van der Waals surface area contributed by atoms with Crippen LogP contribution in [-0.2, 0) is 11.2 Å². The van der Waals surface area contributed by atoms with Crippen molar-refractivity contribution >= 4 is 5.91 Å². The van der Waals surface area contributed by atoms with Gasteiger partial charge in [-0.1, -0.05) is 49.6 Å². The number of hydrogen-bond donors (Lipinski definition) is 0. The Bertz CT molecular complexity index is 295. The highest BCUT2D eigenvalue weighted by Gasteiger charge is 1.96. The van der Waals surface area contributed by atoms with Crippen LogP contribution in [-0.4, -0.2) is 5.91 Å². The van der Waals surface area contributed by atoms with Crippen LogP contribution >= 0.6 is 0 Å². The zero-order valence-corrected chi connectivity index (χ0v) is 9.74. The second-order valence-electron chi connectivity index (χ2n) is 4.18. The molecule has 1 rings (SSSR count). The summed E-state index contributed by atoms with van der Waals surface area (Å²) in [5, 5.41) is 0. The molecule has 0 unspecified atom stereocenters. The number of benzene rings is 1. The van der Waals surface area contributed by atoms with Crippen LogP contribution in [0.1, 0.15) is 44.1 Å². The van der Waals surface area contributed by atoms with Crippen LogP contribution in [0.15, 0.2) is 30.3 Å². The van der Waals surface area contributed by atoms with Crippen molar-refractivity contribution in [2.45, 2.75) is 44.9 Å². The Labute approximate surface area is 97.9 Å². The zero-order chi connectivity index (χ0) is 11.6. The highest BCUT2D eigenvalue weighted by molar-refractivity contribution is 5.72. The molecule has 1 amide bonds. The van der Waals surface area contributed by atoms with Gasteiger partial charge in [-0.2, -0.15) is 0 Å². The smallest absolute Gasteiger partial charge is 0.238 e. The number of unbranched alkanes of at least 4 members (excludes halogenated alkanes) is 4. The molecule has 0 bridgehead atoms. The predicted molar refractivity (Wildman–Crippen MR) is 66.0 cm³/mol. The standard InChI is InChI=1S/C14H20NO/c15-14(16)12-8-3-1-2-5-9-13-10-6-4-7-11-13/h4,6-7,10-11,15H,1-3,5,8-9,12H2. The van der Waals surface area contributed by atoms with Crippen molar-refractivity contribution < 1.29 is 4.79 Å². The molecule has 0 aliphatic rings. The summed E-state index contributed by atoms with van der Waals surface area (Å²) in [7, 11) is 0. The van der Waals surface area contributed by atoms with Crippen LogP contribution < -0.4 is 5.73 Å². The Morgan fingerprint density at radius 1 is 0.938 bits per heavy atom. The van der Waals surface area contributed by atoms with Gasteiger partial charge in [0.1, 0.15) is 0 Å². The topological polar surface area (TPSA) is 40.9 Å². The van der Waals surface area contributed by atoms with Crippen molar-refractivity contribution in [1.82, 2.24) is 5.73 Å². The number of carbonyl (C=O) groups is 1. The van der Waals surface area contributed by atoms with Crippen LogP contribution in [0.25, 0.3) is 0 Å². The molecular weight excluding hydrogens is 198 g/mol. The summed E-state index contributed by atoms with van der Waals surface area (Å²) in [6.45, 7) is 0. The van der Waals surface area contributed by atoms with Gasteiger partial charge in [-0.25, -0.2) is 0 Å². The molecule has 0 spiro atoms. The first-order valence-corrected chi connectivity index (χ1v) is 6.07. The fraction of sp³-hybridized carbons (Fsp3) is 0.500. The van der Waals surface area contributed by atoms with E-state index in [0.717, 1.165) is 19.3 Å². The SMILES string of the molecule is [NH]C(=O)CCCCCCCc1ccccc1. The van der Waals surface area contributed by atoms with Gasteiger partial charge >= 0.3 is 0 Å². The summed E-state index contributed by atoms with van der Waals surface area (Å²) in [6, 6.07) is 10.5. The third-order valence-corrected chi connectivity index (χ3v) is 2.71. The maximum atomic E-state index is 10.4. The Morgan fingerprint density at radius 2 is 1.56 bits per heavy atom. The third kappa shape index (κ3) is 6.23. The van der Waals surface area contributed by atoms with E-state index in [4.69, 9.17) is 5.73 Å². The van der Waals surface area contributed by atoms with Crippen LogP contribution in [0, 0.1) is 0 Å². The van der Waals surface area contributed by atoms with E-state index in [9.17, 15) is 4.79 Å². The van der Waals surface area contributed by atoms with E-state index >= 15 is 0 Å². The molecule has 2 nitrogen and oxygen atoms in total. The second-order valence-corrected chi connectivity index (χ2v) is 4.18. The summed E-state index contributed by atoms with van der Waals surface area (Å²) >= 11 is 0. The van der Waals surface area contributed by atoms with Gasteiger partial charge in [-0.05, 0) is 24.8 Å². The summed E-state index contributed by atoms with van der Waals surface area (Å²) in [6.07, 6.45) is 7.17. The monoisotopic (exact) mass is 218 g/mol. The highest BCUT2D eigenvalue weighted by Crippen LogP contribution is 2.09. The Kier molecular flexibility index (Phi) is 6.31. The Morgan fingerprint density at radius 3 is 2.25 bits per heavy atom. The molecule has 16 heavy (non-hydrogen) atoms. The van der Waals surface area contributed by atoms with E-state index in [0.29, 0.717) is 6.42 Å². The molecule has 0 saturated heterocycles. The second kappa shape index (κ2) is 7.91. The first-order chi connectivity index (χ1) is 7.79. The summed E-state index contributed by atoms with van der Waals surface area (Å²) in [5.41, 5.74) is 8.17. The third-order valence-electron chi connectivity index (χ3n) is 2.71. The normalized spacial score (nSPS) is 10.2. The molecule has 0 heterocycles. The Balaban J connectivity index is 1.94. The Hall–Kier alpha value is -1.31. The first kappa shape index (κ1) is 12.8. The van der Waals surface area contributed by atoms with Crippen molar-refractivity contribution in [3.8, 4) is 0 Å². The van der Waals surface area contributed by atoms with Crippen molar-refractivity contribution in [3.63, 3.8) is 0 Å². The molecule has 1 aromatic rings. The summed E-state index contributed by atoms with van der Waals surface area (Å²) in [4.78, 5) is 10.4. The minimum Gasteiger partial charge on any atom is -0.273 e. The van der Waals surface area contributed by atoms with Gasteiger partial charge in [0.2, 0.25) is 5.91 Å². The molecule has 0 saturated carbocycles. The average Bonchev–Trinajstić information content (AvgIpc) is 2.29. The van der Waals surface area contributed by atoms with Crippen molar-refractivity contribution in [3.05, 3.63) is 35.9 Å². The molecule has 87 valence electrons. The lowest BCUT2D eigenvalue weighted by Gasteiger charge is -2.01. The van der Waals surface area contributed by atoms with E-state index in [2.05, 4.69) is 24.3 Å². The molecule has 1 N–H and O–H groups in total. The maximum Gasteiger partial charge on any atom is 0.238 e. The van der Waals surface area contributed by atoms with Crippen LogP contribution in [0.2, 0.25) is 0 Å². The lowest BCUT2D eigenvalue weighted by molar-refractivity contribution is -0.118. The quantitative estimate of drug-likeness (QED) is 0.617. The van der Waals surface area contributed by atoms with E-state index < -0.39 is 5.91 Å². The van der Waals surface area contributed by atoms with Crippen molar-refractivity contribution in [2.24, 2.45) is 0 Å². The highest BCUT2D eigenvalue weighted by atomic mass is 16.1.